The van der Waals surface area contributed by atoms with E-state index in [1.165, 1.54) is 21.4 Å². The molecule has 0 aromatic carbocycles. The van der Waals surface area contributed by atoms with Crippen molar-refractivity contribution in [2.75, 3.05) is 39.5 Å². The van der Waals surface area contributed by atoms with Crippen LogP contribution in [0.5, 0.6) is 0 Å². The number of hydrogen-bond donors (Lipinski definition) is 0. The Labute approximate surface area is 264 Å². The van der Waals surface area contributed by atoms with Gasteiger partial charge in [0.25, 0.3) is 5.56 Å². The second-order valence-corrected chi connectivity index (χ2v) is 11.9. The van der Waals surface area contributed by atoms with Crippen molar-refractivity contribution in [1.82, 2.24) is 23.9 Å². The average molecular weight is 627 g/mol. The van der Waals surface area contributed by atoms with Crippen molar-refractivity contribution < 1.29 is 9.05 Å². The molecule has 2 heterocycles. The van der Waals surface area contributed by atoms with Crippen molar-refractivity contribution in [1.29, 1.82) is 5.26 Å². The molecule has 0 aliphatic rings. The minimum atomic E-state index is -1.16. The summed E-state index contributed by atoms with van der Waals surface area (Å²) in [7, 11) is -1.16. The van der Waals surface area contributed by atoms with Crippen LogP contribution in [0.3, 0.4) is 0 Å². The normalized spacial score (nSPS) is 12.6. The monoisotopic (exact) mass is 626 g/mol. The van der Waals surface area contributed by atoms with E-state index in [2.05, 4.69) is 61.5 Å². The highest BCUT2D eigenvalue weighted by molar-refractivity contribution is 7.46. The first-order valence-corrected chi connectivity index (χ1v) is 17.5. The first-order chi connectivity index (χ1) is 21.3. The van der Waals surface area contributed by atoms with E-state index in [0.29, 0.717) is 45.4 Å². The lowest BCUT2D eigenvalue weighted by Gasteiger charge is -2.21. The number of pyridine rings is 1. The van der Waals surface area contributed by atoms with E-state index in [0.717, 1.165) is 62.6 Å². The third kappa shape index (κ3) is 13.0. The average Bonchev–Trinajstić information content (AvgIpc) is 3.02. The van der Waals surface area contributed by atoms with Crippen LogP contribution in [-0.4, -0.2) is 69.5 Å². The summed E-state index contributed by atoms with van der Waals surface area (Å²) in [5, 5.41) is 8.69. The maximum atomic E-state index is 13.1. The van der Waals surface area contributed by atoms with E-state index in [1.807, 2.05) is 19.7 Å². The molecule has 242 valence electrons. The van der Waals surface area contributed by atoms with Gasteiger partial charge < -0.3 is 9.05 Å². The first kappa shape index (κ1) is 37.3. The zero-order valence-electron chi connectivity index (χ0n) is 27.5. The maximum Gasteiger partial charge on any atom is 0.331 e. The molecular weight excluding hydrogens is 575 g/mol. The topological polar surface area (TPSA) is 106 Å². The highest BCUT2D eigenvalue weighted by atomic mass is 31.2. The fraction of sp³-hybridized carbons (Fsp3) is 0.636. The second-order valence-electron chi connectivity index (χ2n) is 10.6. The molecule has 0 bridgehead atoms. The molecular formula is C33H51N6O4P. The lowest BCUT2D eigenvalue weighted by atomic mass is 10.1. The number of rotatable bonds is 20. The van der Waals surface area contributed by atoms with E-state index in [9.17, 15) is 9.59 Å². The van der Waals surface area contributed by atoms with Gasteiger partial charge in [-0.1, -0.05) is 46.5 Å². The van der Waals surface area contributed by atoms with Crippen LogP contribution in [-0.2, 0) is 35.2 Å². The van der Waals surface area contributed by atoms with Crippen LogP contribution in [0.1, 0.15) is 83.7 Å². The largest absolute Gasteiger partial charge is 0.333 e. The predicted octanol–water partition coefficient (Wildman–Crippen LogP) is 4.98. The Morgan fingerprint density at radius 3 is 2.18 bits per heavy atom. The molecule has 0 N–H and O–H groups in total. The number of unbranched alkanes of at least 4 members (excludes halogenated alkanes) is 2. The van der Waals surface area contributed by atoms with Gasteiger partial charge in [0.15, 0.2) is 8.38 Å². The van der Waals surface area contributed by atoms with E-state index < -0.39 is 8.38 Å². The van der Waals surface area contributed by atoms with Crippen LogP contribution in [0, 0.1) is 23.2 Å². The lowest BCUT2D eigenvalue weighted by Crippen LogP contribution is -2.40. The summed E-state index contributed by atoms with van der Waals surface area (Å²) in [5.74, 6) is 6.63. The van der Waals surface area contributed by atoms with Crippen LogP contribution in [0.2, 0.25) is 0 Å². The maximum absolute atomic E-state index is 13.1. The van der Waals surface area contributed by atoms with Gasteiger partial charge in [-0.25, -0.2) is 4.79 Å². The Hall–Kier alpha value is -2.85. The second kappa shape index (κ2) is 21.0. The highest BCUT2D eigenvalue weighted by Gasteiger charge is 2.16. The van der Waals surface area contributed by atoms with E-state index in [1.54, 1.807) is 0 Å². The number of nitrogens with zero attached hydrogens (tertiary/aromatic N) is 6. The summed E-state index contributed by atoms with van der Waals surface area (Å²) in [6, 6.07) is 7.67. The van der Waals surface area contributed by atoms with Crippen molar-refractivity contribution in [2.45, 2.75) is 99.0 Å². The third-order valence-corrected chi connectivity index (χ3v) is 8.58. The van der Waals surface area contributed by atoms with Crippen molar-refractivity contribution in [3.63, 3.8) is 0 Å². The standard InChI is InChI=1S/C33H51N6O4P/c1-7-31(43-44(6)42-22-16-19-34)27-38-21-18-32(40)39(33(38)41)20-15-13-12-14-17-28-23-29(25-36(8-2)9-3)35-30(24-28)26-37(10-4)11-5/h18,21,23-24,31H,7-13,15-16,20,22,25-27H2,1-6H3. The molecule has 0 aliphatic heterocycles. The summed E-state index contributed by atoms with van der Waals surface area (Å²) < 4.78 is 14.4. The van der Waals surface area contributed by atoms with Crippen LogP contribution >= 0.6 is 8.38 Å². The summed E-state index contributed by atoms with van der Waals surface area (Å²) in [6.07, 6.45) is 4.41. The van der Waals surface area contributed by atoms with Gasteiger partial charge in [-0.2, -0.15) is 5.26 Å². The fourth-order valence-electron chi connectivity index (χ4n) is 4.70. The molecule has 2 unspecified atom stereocenters. The first-order valence-electron chi connectivity index (χ1n) is 15.9. The molecule has 2 aromatic rings. The zero-order chi connectivity index (χ0) is 32.3. The van der Waals surface area contributed by atoms with Gasteiger partial charge in [-0.3, -0.25) is 28.7 Å². The molecule has 0 aliphatic carbocycles. The van der Waals surface area contributed by atoms with Crippen LogP contribution in [0.25, 0.3) is 0 Å². The van der Waals surface area contributed by atoms with Crippen molar-refractivity contribution >= 4 is 8.38 Å². The van der Waals surface area contributed by atoms with Gasteiger partial charge in [0.1, 0.15) is 0 Å². The van der Waals surface area contributed by atoms with E-state index in [4.69, 9.17) is 19.3 Å². The minimum absolute atomic E-state index is 0.236. The molecule has 2 atom stereocenters. The third-order valence-electron chi connectivity index (χ3n) is 7.44. The van der Waals surface area contributed by atoms with Gasteiger partial charge in [0, 0.05) is 50.5 Å². The zero-order valence-corrected chi connectivity index (χ0v) is 28.4. The van der Waals surface area contributed by atoms with Crippen molar-refractivity contribution in [3.8, 4) is 17.9 Å². The highest BCUT2D eigenvalue weighted by Crippen LogP contribution is 2.36. The molecule has 44 heavy (non-hydrogen) atoms. The molecule has 0 amide bonds. The number of aromatic nitrogens is 3. The summed E-state index contributed by atoms with van der Waals surface area (Å²) >= 11 is 0. The van der Waals surface area contributed by atoms with Crippen molar-refractivity contribution in [2.24, 2.45) is 0 Å². The van der Waals surface area contributed by atoms with Gasteiger partial charge in [-0.15, -0.1) is 0 Å². The molecule has 0 saturated heterocycles. The Bertz CT molecular complexity index is 1320. The predicted molar refractivity (Wildman–Crippen MR) is 177 cm³/mol. The van der Waals surface area contributed by atoms with Gasteiger partial charge in [-0.05, 0) is 57.6 Å². The summed E-state index contributed by atoms with van der Waals surface area (Å²) in [4.78, 5) is 35.3. The molecule has 10 nitrogen and oxygen atoms in total. The number of hydrogen-bond acceptors (Lipinski definition) is 8. The quantitative estimate of drug-likeness (QED) is 0.115. The van der Waals surface area contributed by atoms with Gasteiger partial charge in [0.05, 0.1) is 43.1 Å². The van der Waals surface area contributed by atoms with E-state index >= 15 is 0 Å². The molecule has 0 fully saturated rings. The van der Waals surface area contributed by atoms with Crippen LogP contribution in [0.4, 0.5) is 0 Å². The molecule has 0 spiro atoms. The Balaban J connectivity index is 2.02. The summed E-state index contributed by atoms with van der Waals surface area (Å²) in [5.41, 5.74) is 2.42. The molecule has 2 rings (SSSR count). The van der Waals surface area contributed by atoms with Gasteiger partial charge in [0.2, 0.25) is 0 Å². The van der Waals surface area contributed by atoms with Gasteiger partial charge >= 0.3 is 5.69 Å². The molecule has 0 saturated carbocycles. The summed E-state index contributed by atoms with van der Waals surface area (Å²) in [6.45, 7) is 19.0. The van der Waals surface area contributed by atoms with Crippen molar-refractivity contribution in [3.05, 3.63) is 62.2 Å². The lowest BCUT2D eigenvalue weighted by molar-refractivity contribution is 0.159. The van der Waals surface area contributed by atoms with E-state index in [-0.39, 0.29) is 17.4 Å². The van der Waals surface area contributed by atoms with Crippen LogP contribution in [0.15, 0.2) is 34.0 Å². The number of nitriles is 1. The molecule has 0 radical (unpaired) electrons. The smallest absolute Gasteiger partial charge is 0.331 e. The SMILES string of the molecule is CCC(Cn1ccc(=O)n(CCCCC#Cc2cc(CN(CC)CC)nc(CN(CC)CC)c2)c1=O)OP(C)OCCC#N. The Morgan fingerprint density at radius 1 is 0.977 bits per heavy atom. The minimum Gasteiger partial charge on any atom is -0.333 e. The Kier molecular flexibility index (Phi) is 17.8. The molecule has 11 heteroatoms. The Morgan fingerprint density at radius 2 is 1.61 bits per heavy atom. The van der Waals surface area contributed by atoms with Crippen LogP contribution < -0.4 is 11.2 Å². The molecule has 2 aromatic heterocycles. The fourth-order valence-corrected chi connectivity index (χ4v) is 5.75.